The van der Waals surface area contributed by atoms with Gasteiger partial charge in [0.2, 0.25) is 0 Å². The molecule has 1 heterocycles. The van der Waals surface area contributed by atoms with E-state index in [1.807, 2.05) is 0 Å². The number of anilines is 1. The molecule has 0 aliphatic carbocycles. The number of hydrogen-bond acceptors (Lipinski definition) is 5. The molecule has 1 aromatic heterocycles. The smallest absolute Gasteiger partial charge is 0.266 e. The lowest BCUT2D eigenvalue weighted by atomic mass is 10.3. The van der Waals surface area contributed by atoms with Crippen LogP contribution in [-0.4, -0.2) is 23.1 Å². The minimum absolute atomic E-state index is 0.177. The molecule has 0 fully saturated rings. The molecule has 0 saturated carbocycles. The fourth-order valence-electron chi connectivity index (χ4n) is 2.55. The predicted molar refractivity (Wildman–Crippen MR) is 98.0 cm³/mol. The van der Waals surface area contributed by atoms with E-state index in [2.05, 4.69) is 0 Å². The number of sulfonamides is 1. The Bertz CT molecular complexity index is 1140. The first-order valence-electron chi connectivity index (χ1n) is 7.79. The summed E-state index contributed by atoms with van der Waals surface area (Å²) in [6.45, 7) is -0.181. The quantitative estimate of drug-likeness (QED) is 0.624. The molecular formula is C18H16FNO5S2. The number of benzene rings is 2. The highest BCUT2D eigenvalue weighted by atomic mass is 32.2. The Balaban J connectivity index is 2.18. The second kappa shape index (κ2) is 7.16. The van der Waals surface area contributed by atoms with Crippen molar-refractivity contribution in [1.29, 1.82) is 0 Å². The van der Waals surface area contributed by atoms with Crippen LogP contribution in [0.25, 0.3) is 0 Å². The van der Waals surface area contributed by atoms with Crippen molar-refractivity contribution in [3.63, 3.8) is 0 Å². The van der Waals surface area contributed by atoms with Gasteiger partial charge < -0.3 is 4.42 Å². The topological polar surface area (TPSA) is 84.7 Å². The highest BCUT2D eigenvalue weighted by molar-refractivity contribution is 7.95. The van der Waals surface area contributed by atoms with Gasteiger partial charge in [0.05, 0.1) is 23.4 Å². The third-order valence-corrected chi connectivity index (χ3v) is 6.93. The van der Waals surface area contributed by atoms with Gasteiger partial charge in [0, 0.05) is 6.26 Å². The van der Waals surface area contributed by atoms with Crippen molar-refractivity contribution in [2.75, 3.05) is 10.6 Å². The molecule has 0 bridgehead atoms. The van der Waals surface area contributed by atoms with Crippen LogP contribution in [0.3, 0.4) is 0 Å². The van der Waals surface area contributed by atoms with E-state index < -0.39 is 25.7 Å². The maximum atomic E-state index is 13.3. The first kappa shape index (κ1) is 19.1. The molecule has 0 spiro atoms. The Morgan fingerprint density at radius 3 is 2.07 bits per heavy atom. The summed E-state index contributed by atoms with van der Waals surface area (Å²) in [5.74, 6) is -0.176. The predicted octanol–water partition coefficient (Wildman–Crippen LogP) is 3.22. The van der Waals surface area contributed by atoms with Crippen LogP contribution in [0.2, 0.25) is 0 Å². The Hall–Kier alpha value is -2.65. The van der Waals surface area contributed by atoms with Crippen LogP contribution < -0.4 is 4.31 Å². The van der Waals surface area contributed by atoms with Gasteiger partial charge in [-0.05, 0) is 48.5 Å². The summed E-state index contributed by atoms with van der Waals surface area (Å²) in [5, 5.41) is 0. The maximum absolute atomic E-state index is 13.3. The van der Waals surface area contributed by atoms with Gasteiger partial charge in [0.25, 0.3) is 10.0 Å². The molecule has 0 amide bonds. The van der Waals surface area contributed by atoms with Crippen LogP contribution in [0.1, 0.15) is 5.76 Å². The van der Waals surface area contributed by atoms with E-state index in [4.69, 9.17) is 4.42 Å². The van der Waals surface area contributed by atoms with Gasteiger partial charge in [-0.1, -0.05) is 12.1 Å². The zero-order valence-corrected chi connectivity index (χ0v) is 15.9. The highest BCUT2D eigenvalue weighted by Crippen LogP contribution is 2.30. The molecule has 0 N–H and O–H groups in total. The molecule has 6 nitrogen and oxygen atoms in total. The fourth-order valence-corrected chi connectivity index (χ4v) is 5.59. The van der Waals surface area contributed by atoms with Crippen LogP contribution >= 0.6 is 0 Å². The van der Waals surface area contributed by atoms with Gasteiger partial charge >= 0.3 is 0 Å². The molecule has 0 radical (unpaired) electrons. The van der Waals surface area contributed by atoms with Gasteiger partial charge in [0.1, 0.15) is 16.5 Å². The third kappa shape index (κ3) is 4.04. The molecule has 0 aliphatic heterocycles. The molecule has 142 valence electrons. The van der Waals surface area contributed by atoms with E-state index in [-0.39, 0.29) is 22.0 Å². The van der Waals surface area contributed by atoms with Gasteiger partial charge in [-0.2, -0.15) is 0 Å². The number of furan rings is 1. The van der Waals surface area contributed by atoms with Crippen molar-refractivity contribution in [2.24, 2.45) is 0 Å². The molecule has 3 rings (SSSR count). The van der Waals surface area contributed by atoms with Gasteiger partial charge in [-0.15, -0.1) is 0 Å². The van der Waals surface area contributed by atoms with Crippen molar-refractivity contribution < 1.29 is 25.6 Å². The number of halogens is 1. The molecule has 0 unspecified atom stereocenters. The van der Waals surface area contributed by atoms with Crippen molar-refractivity contribution in [3.8, 4) is 0 Å². The zero-order valence-electron chi connectivity index (χ0n) is 14.2. The Labute approximate surface area is 156 Å². The lowest BCUT2D eigenvalue weighted by Gasteiger charge is -2.24. The lowest BCUT2D eigenvalue weighted by Crippen LogP contribution is -2.31. The Morgan fingerprint density at radius 2 is 1.52 bits per heavy atom. The maximum Gasteiger partial charge on any atom is 0.266 e. The average molecular weight is 409 g/mol. The summed E-state index contributed by atoms with van der Waals surface area (Å²) in [4.78, 5) is -0.667. The molecular weight excluding hydrogens is 393 g/mol. The third-order valence-electron chi connectivity index (χ3n) is 3.81. The second-order valence-electron chi connectivity index (χ2n) is 5.79. The van der Waals surface area contributed by atoms with Crippen LogP contribution in [0.4, 0.5) is 10.1 Å². The van der Waals surface area contributed by atoms with Crippen molar-refractivity contribution >= 4 is 25.5 Å². The number of nitrogens with zero attached hydrogens (tertiary/aromatic N) is 1. The van der Waals surface area contributed by atoms with Gasteiger partial charge in [-0.3, -0.25) is 4.31 Å². The van der Waals surface area contributed by atoms with Gasteiger partial charge in [-0.25, -0.2) is 21.2 Å². The monoisotopic (exact) mass is 409 g/mol. The first-order valence-corrected chi connectivity index (χ1v) is 11.1. The summed E-state index contributed by atoms with van der Waals surface area (Å²) in [7, 11) is -8.08. The van der Waals surface area contributed by atoms with E-state index >= 15 is 0 Å². The molecule has 3 aromatic rings. The molecule has 0 saturated heterocycles. The van der Waals surface area contributed by atoms with E-state index in [1.54, 1.807) is 12.1 Å². The molecule has 2 aromatic carbocycles. The summed E-state index contributed by atoms with van der Waals surface area (Å²) < 4.78 is 70.3. The number of sulfone groups is 1. The number of hydrogen-bond donors (Lipinski definition) is 0. The summed E-state index contributed by atoms with van der Waals surface area (Å²) in [6.07, 6.45) is 2.34. The fraction of sp³-hybridized carbons (Fsp3) is 0.111. The summed E-state index contributed by atoms with van der Waals surface area (Å²) >= 11 is 0. The van der Waals surface area contributed by atoms with Crippen LogP contribution in [0.15, 0.2) is 81.1 Å². The largest absolute Gasteiger partial charge is 0.467 e. The van der Waals surface area contributed by atoms with Crippen LogP contribution in [-0.2, 0) is 26.4 Å². The van der Waals surface area contributed by atoms with E-state index in [0.29, 0.717) is 5.76 Å². The second-order valence-corrected chi connectivity index (χ2v) is 9.60. The van der Waals surface area contributed by atoms with Crippen molar-refractivity contribution in [1.82, 2.24) is 0 Å². The van der Waals surface area contributed by atoms with E-state index in [1.165, 1.54) is 42.7 Å². The summed E-state index contributed by atoms with van der Waals surface area (Å²) in [6, 6.07) is 13.4. The zero-order chi connectivity index (χ0) is 19.7. The van der Waals surface area contributed by atoms with E-state index in [9.17, 15) is 21.2 Å². The standard InChI is InChI=1S/C18H16FNO5S2/c1-26(21,22)17-6-2-3-7-18(17)27(23,24)20(13-16-5-4-12-25-16)15-10-8-14(19)9-11-15/h2-12H,13H2,1H3. The molecule has 9 heteroatoms. The molecule has 0 aliphatic rings. The SMILES string of the molecule is CS(=O)(=O)c1ccccc1S(=O)(=O)N(Cc1ccco1)c1ccc(F)cc1. The van der Waals surface area contributed by atoms with Crippen molar-refractivity contribution in [3.05, 3.63) is 78.5 Å². The average Bonchev–Trinajstić information content (AvgIpc) is 3.13. The Kier molecular flexibility index (Phi) is 5.07. The highest BCUT2D eigenvalue weighted by Gasteiger charge is 2.30. The minimum atomic E-state index is -4.29. The molecule has 0 atom stereocenters. The summed E-state index contributed by atoms with van der Waals surface area (Å²) in [5.41, 5.74) is 0.177. The normalized spacial score (nSPS) is 12.1. The van der Waals surface area contributed by atoms with Gasteiger partial charge in [0.15, 0.2) is 9.84 Å². The minimum Gasteiger partial charge on any atom is -0.467 e. The Morgan fingerprint density at radius 1 is 0.889 bits per heavy atom. The molecule has 27 heavy (non-hydrogen) atoms. The lowest BCUT2D eigenvalue weighted by molar-refractivity contribution is 0.508. The van der Waals surface area contributed by atoms with Crippen molar-refractivity contribution in [2.45, 2.75) is 16.3 Å². The first-order chi connectivity index (χ1) is 12.7. The van der Waals surface area contributed by atoms with Crippen LogP contribution in [0.5, 0.6) is 0 Å². The van der Waals surface area contributed by atoms with E-state index in [0.717, 1.165) is 22.7 Å². The number of rotatable bonds is 6. The van der Waals surface area contributed by atoms with Crippen LogP contribution in [0, 0.1) is 5.82 Å².